The van der Waals surface area contributed by atoms with Gasteiger partial charge in [-0.05, 0) is 45.1 Å². The Bertz CT molecular complexity index is 372. The molecule has 0 amide bonds. The average molecular weight is 236 g/mol. The van der Waals surface area contributed by atoms with E-state index in [0.29, 0.717) is 12.1 Å². The van der Waals surface area contributed by atoms with Gasteiger partial charge in [0, 0.05) is 19.1 Å². The third kappa shape index (κ3) is 2.29. The van der Waals surface area contributed by atoms with Crippen molar-refractivity contribution in [2.45, 2.75) is 38.6 Å². The molecule has 5 nitrogen and oxygen atoms in total. The first-order valence-electron chi connectivity index (χ1n) is 6.61. The molecule has 2 unspecified atom stereocenters. The van der Waals surface area contributed by atoms with Gasteiger partial charge in [-0.25, -0.2) is 0 Å². The maximum atomic E-state index is 5.26. The van der Waals surface area contributed by atoms with E-state index in [9.17, 15) is 0 Å². The Morgan fingerprint density at radius 1 is 1.35 bits per heavy atom. The van der Waals surface area contributed by atoms with E-state index in [1.54, 1.807) is 0 Å². The summed E-state index contributed by atoms with van der Waals surface area (Å²) in [6.07, 6.45) is 5.19. The molecule has 2 fully saturated rings. The van der Waals surface area contributed by atoms with Crippen molar-refractivity contribution in [2.24, 2.45) is 5.92 Å². The fourth-order valence-electron chi connectivity index (χ4n) is 3.04. The highest BCUT2D eigenvalue weighted by atomic mass is 16.5. The third-order valence-electron chi connectivity index (χ3n) is 3.91. The second kappa shape index (κ2) is 4.64. The SMILES string of the molecule is Cc1noc(N2CCCC(C3CCCN3)C2)n1. The standard InChI is InChI=1S/C12H20N4O/c1-9-14-12(17-15-9)16-7-3-4-10(8-16)11-5-2-6-13-11/h10-11,13H,2-8H2,1H3. The van der Waals surface area contributed by atoms with Crippen molar-refractivity contribution in [1.82, 2.24) is 15.5 Å². The molecule has 0 radical (unpaired) electrons. The zero-order valence-electron chi connectivity index (χ0n) is 10.4. The summed E-state index contributed by atoms with van der Waals surface area (Å²) in [6, 6.07) is 1.40. The minimum atomic E-state index is 0.696. The van der Waals surface area contributed by atoms with Crippen LogP contribution in [0.3, 0.4) is 0 Å². The zero-order chi connectivity index (χ0) is 11.7. The number of aryl methyl sites for hydroxylation is 1. The number of piperidine rings is 1. The van der Waals surface area contributed by atoms with Crippen LogP contribution in [0.25, 0.3) is 0 Å². The lowest BCUT2D eigenvalue weighted by Gasteiger charge is -2.34. The van der Waals surface area contributed by atoms with E-state index in [1.807, 2.05) is 6.92 Å². The van der Waals surface area contributed by atoms with Crippen molar-refractivity contribution >= 4 is 6.01 Å². The molecule has 0 bridgehead atoms. The highest BCUT2D eigenvalue weighted by Gasteiger charge is 2.30. The smallest absolute Gasteiger partial charge is 0.324 e. The van der Waals surface area contributed by atoms with E-state index in [2.05, 4.69) is 20.4 Å². The van der Waals surface area contributed by atoms with Gasteiger partial charge in [0.1, 0.15) is 0 Å². The lowest BCUT2D eigenvalue weighted by atomic mass is 9.90. The highest BCUT2D eigenvalue weighted by molar-refractivity contribution is 5.26. The molecule has 2 aliphatic heterocycles. The summed E-state index contributed by atoms with van der Waals surface area (Å²) in [5, 5.41) is 7.48. The van der Waals surface area contributed by atoms with Crippen molar-refractivity contribution in [2.75, 3.05) is 24.5 Å². The second-order valence-corrected chi connectivity index (χ2v) is 5.18. The van der Waals surface area contributed by atoms with Gasteiger partial charge in [-0.1, -0.05) is 5.16 Å². The molecular weight excluding hydrogens is 216 g/mol. The molecule has 1 N–H and O–H groups in total. The molecule has 3 rings (SSSR count). The molecule has 1 aromatic rings. The number of hydrogen-bond donors (Lipinski definition) is 1. The van der Waals surface area contributed by atoms with Crippen molar-refractivity contribution in [3.8, 4) is 0 Å². The van der Waals surface area contributed by atoms with Crippen LogP contribution in [0, 0.1) is 12.8 Å². The lowest BCUT2D eigenvalue weighted by Crippen LogP contribution is -2.43. The van der Waals surface area contributed by atoms with E-state index < -0.39 is 0 Å². The fraction of sp³-hybridized carbons (Fsp3) is 0.833. The molecular formula is C12H20N4O. The minimum Gasteiger partial charge on any atom is -0.324 e. The summed E-state index contributed by atoms with van der Waals surface area (Å²) in [7, 11) is 0. The summed E-state index contributed by atoms with van der Waals surface area (Å²) in [6.45, 7) is 5.15. The molecule has 0 spiro atoms. The summed E-state index contributed by atoms with van der Waals surface area (Å²) in [4.78, 5) is 6.57. The summed E-state index contributed by atoms with van der Waals surface area (Å²) in [5.41, 5.74) is 0. The summed E-state index contributed by atoms with van der Waals surface area (Å²) in [5.74, 6) is 1.46. The minimum absolute atomic E-state index is 0.696. The predicted molar refractivity (Wildman–Crippen MR) is 65.0 cm³/mol. The van der Waals surface area contributed by atoms with Crippen LogP contribution in [-0.4, -0.2) is 35.8 Å². The number of hydrogen-bond acceptors (Lipinski definition) is 5. The van der Waals surface area contributed by atoms with Gasteiger partial charge in [0.2, 0.25) is 0 Å². The van der Waals surface area contributed by atoms with Crippen LogP contribution >= 0.6 is 0 Å². The van der Waals surface area contributed by atoms with Crippen molar-refractivity contribution in [3.63, 3.8) is 0 Å². The Morgan fingerprint density at radius 3 is 3.00 bits per heavy atom. The predicted octanol–water partition coefficient (Wildman–Crippen LogP) is 1.35. The number of nitrogens with zero attached hydrogens (tertiary/aromatic N) is 3. The van der Waals surface area contributed by atoms with Gasteiger partial charge in [-0.2, -0.15) is 4.98 Å². The molecule has 3 heterocycles. The van der Waals surface area contributed by atoms with E-state index in [0.717, 1.165) is 24.8 Å². The number of nitrogens with one attached hydrogen (secondary N) is 1. The first-order valence-corrected chi connectivity index (χ1v) is 6.61. The molecule has 2 atom stereocenters. The molecule has 0 saturated carbocycles. The number of aromatic nitrogens is 2. The maximum Gasteiger partial charge on any atom is 0.324 e. The molecule has 2 aliphatic rings. The Morgan fingerprint density at radius 2 is 2.29 bits per heavy atom. The van der Waals surface area contributed by atoms with Crippen molar-refractivity contribution in [1.29, 1.82) is 0 Å². The first kappa shape index (κ1) is 11.0. The van der Waals surface area contributed by atoms with Crippen molar-refractivity contribution in [3.05, 3.63) is 5.82 Å². The number of rotatable bonds is 2. The van der Waals surface area contributed by atoms with Gasteiger partial charge in [-0.3, -0.25) is 0 Å². The normalized spacial score (nSPS) is 29.8. The molecule has 5 heteroatoms. The van der Waals surface area contributed by atoms with Crippen LogP contribution in [-0.2, 0) is 0 Å². The molecule has 0 aromatic carbocycles. The van der Waals surface area contributed by atoms with Gasteiger partial charge in [0.25, 0.3) is 0 Å². The molecule has 94 valence electrons. The van der Waals surface area contributed by atoms with Gasteiger partial charge in [0.15, 0.2) is 5.82 Å². The Hall–Kier alpha value is -1.10. The van der Waals surface area contributed by atoms with Crippen LogP contribution in [0.1, 0.15) is 31.5 Å². The zero-order valence-corrected chi connectivity index (χ0v) is 10.4. The molecule has 17 heavy (non-hydrogen) atoms. The molecule has 1 aromatic heterocycles. The third-order valence-corrected chi connectivity index (χ3v) is 3.91. The first-order chi connectivity index (χ1) is 8.33. The van der Waals surface area contributed by atoms with Crippen LogP contribution in [0.5, 0.6) is 0 Å². The average Bonchev–Trinajstić information content (AvgIpc) is 3.00. The Kier molecular flexibility index (Phi) is 3.01. The summed E-state index contributed by atoms with van der Waals surface area (Å²) < 4.78 is 5.26. The molecule has 0 aliphatic carbocycles. The van der Waals surface area contributed by atoms with Gasteiger partial charge in [0.05, 0.1) is 0 Å². The van der Waals surface area contributed by atoms with E-state index >= 15 is 0 Å². The maximum absolute atomic E-state index is 5.26. The summed E-state index contributed by atoms with van der Waals surface area (Å²) >= 11 is 0. The lowest BCUT2D eigenvalue weighted by molar-refractivity contribution is 0.311. The Balaban J connectivity index is 1.66. The topological polar surface area (TPSA) is 54.2 Å². The van der Waals surface area contributed by atoms with Crippen molar-refractivity contribution < 1.29 is 4.52 Å². The fourth-order valence-corrected chi connectivity index (χ4v) is 3.04. The van der Waals surface area contributed by atoms with Crippen LogP contribution in [0.2, 0.25) is 0 Å². The van der Waals surface area contributed by atoms with E-state index in [1.165, 1.54) is 32.2 Å². The second-order valence-electron chi connectivity index (χ2n) is 5.18. The van der Waals surface area contributed by atoms with E-state index in [4.69, 9.17) is 4.52 Å². The molecule has 2 saturated heterocycles. The van der Waals surface area contributed by atoms with Crippen LogP contribution in [0.4, 0.5) is 6.01 Å². The van der Waals surface area contributed by atoms with E-state index in [-0.39, 0.29) is 0 Å². The quantitative estimate of drug-likeness (QED) is 0.840. The largest absolute Gasteiger partial charge is 0.324 e. The highest BCUT2D eigenvalue weighted by Crippen LogP contribution is 2.27. The van der Waals surface area contributed by atoms with Crippen LogP contribution < -0.4 is 10.2 Å². The van der Waals surface area contributed by atoms with Gasteiger partial charge in [-0.15, -0.1) is 0 Å². The van der Waals surface area contributed by atoms with Gasteiger partial charge >= 0.3 is 6.01 Å². The Labute approximate surface area is 102 Å². The number of anilines is 1. The monoisotopic (exact) mass is 236 g/mol. The van der Waals surface area contributed by atoms with Gasteiger partial charge < -0.3 is 14.7 Å². The van der Waals surface area contributed by atoms with Crippen LogP contribution in [0.15, 0.2) is 4.52 Å².